The largest absolute Gasteiger partial charge is 0.351 e. The summed E-state index contributed by atoms with van der Waals surface area (Å²) in [4.78, 5) is 15.9. The third-order valence-electron chi connectivity index (χ3n) is 2.30. The number of benzene rings is 1. The lowest BCUT2D eigenvalue weighted by Gasteiger charge is -2.06. The quantitative estimate of drug-likeness (QED) is 0.938. The van der Waals surface area contributed by atoms with E-state index in [1.165, 1.54) is 29.5 Å². The minimum Gasteiger partial charge on any atom is -0.351 e. The van der Waals surface area contributed by atoms with Crippen LogP contribution in [0.2, 0.25) is 5.02 Å². The first-order chi connectivity index (χ1) is 8.68. The van der Waals surface area contributed by atoms with Crippen LogP contribution in [0.15, 0.2) is 29.8 Å². The highest BCUT2D eigenvalue weighted by Crippen LogP contribution is 2.18. The predicted octanol–water partition coefficient (Wildman–Crippen LogP) is 2.91. The molecule has 0 fully saturated rings. The molecule has 18 heavy (non-hydrogen) atoms. The van der Waals surface area contributed by atoms with Crippen molar-refractivity contribution >= 4 is 28.8 Å². The van der Waals surface area contributed by atoms with E-state index in [4.69, 9.17) is 11.6 Å². The number of rotatable bonds is 4. The zero-order valence-electron chi connectivity index (χ0n) is 9.32. The molecule has 1 aromatic carbocycles. The topological polar surface area (TPSA) is 42.0 Å². The third kappa shape index (κ3) is 3.05. The van der Waals surface area contributed by atoms with Crippen LogP contribution >= 0.6 is 22.9 Å². The van der Waals surface area contributed by atoms with Crippen LogP contribution in [0.5, 0.6) is 0 Å². The maximum absolute atomic E-state index is 13.4. The molecule has 1 aromatic heterocycles. The van der Waals surface area contributed by atoms with Gasteiger partial charge in [-0.05, 0) is 12.1 Å². The smallest absolute Gasteiger partial charge is 0.255 e. The lowest BCUT2D eigenvalue weighted by Crippen LogP contribution is -2.26. The van der Waals surface area contributed by atoms with Gasteiger partial charge in [0.1, 0.15) is 5.82 Å². The molecule has 0 unspecified atom stereocenters. The lowest BCUT2D eigenvalue weighted by molar-refractivity contribution is 0.0950. The second-order valence-electron chi connectivity index (χ2n) is 3.53. The van der Waals surface area contributed by atoms with E-state index in [9.17, 15) is 9.18 Å². The summed E-state index contributed by atoms with van der Waals surface area (Å²) in [7, 11) is 0. The van der Waals surface area contributed by atoms with E-state index in [1.54, 1.807) is 6.20 Å². The van der Waals surface area contributed by atoms with E-state index in [-0.39, 0.29) is 10.6 Å². The Morgan fingerprint density at radius 3 is 3.00 bits per heavy atom. The van der Waals surface area contributed by atoms with E-state index in [1.807, 2.05) is 5.38 Å². The van der Waals surface area contributed by atoms with Gasteiger partial charge in [-0.25, -0.2) is 9.37 Å². The Morgan fingerprint density at radius 2 is 2.33 bits per heavy atom. The molecular formula is C12H10ClFN2OS. The van der Waals surface area contributed by atoms with Crippen molar-refractivity contribution < 1.29 is 9.18 Å². The maximum Gasteiger partial charge on any atom is 0.255 e. The van der Waals surface area contributed by atoms with E-state index in [0.29, 0.717) is 13.0 Å². The van der Waals surface area contributed by atoms with Crippen LogP contribution in [0, 0.1) is 5.82 Å². The fraction of sp³-hybridized carbons (Fsp3) is 0.167. The Kier molecular flexibility index (Phi) is 4.28. The normalized spacial score (nSPS) is 10.3. The van der Waals surface area contributed by atoms with Gasteiger partial charge in [0, 0.05) is 24.5 Å². The van der Waals surface area contributed by atoms with Crippen LogP contribution in [0.3, 0.4) is 0 Å². The molecule has 0 aliphatic heterocycles. The molecule has 0 bridgehead atoms. The number of nitrogens with one attached hydrogen (secondary N) is 1. The third-order valence-corrected chi connectivity index (χ3v) is 3.45. The minimum absolute atomic E-state index is 0.113. The number of carbonyl (C=O) groups excluding carboxylic acids is 1. The SMILES string of the molecule is O=C(NCCc1nccs1)c1c(F)cccc1Cl. The van der Waals surface area contributed by atoms with Crippen LogP contribution < -0.4 is 5.32 Å². The number of nitrogens with zero attached hydrogens (tertiary/aromatic N) is 1. The minimum atomic E-state index is -0.616. The molecule has 0 atom stereocenters. The molecule has 2 rings (SSSR count). The van der Waals surface area contributed by atoms with Gasteiger partial charge in [-0.2, -0.15) is 0 Å². The van der Waals surface area contributed by atoms with Crippen LogP contribution in [0.25, 0.3) is 0 Å². The van der Waals surface area contributed by atoms with E-state index in [0.717, 1.165) is 5.01 Å². The molecule has 1 N–H and O–H groups in total. The van der Waals surface area contributed by atoms with Crippen molar-refractivity contribution in [1.82, 2.24) is 10.3 Å². The standard InChI is InChI=1S/C12H10ClFN2OS/c13-8-2-1-3-9(14)11(8)12(17)16-5-4-10-15-6-7-18-10/h1-3,6-7H,4-5H2,(H,16,17). The zero-order chi connectivity index (χ0) is 13.0. The molecule has 0 spiro atoms. The number of hydrogen-bond donors (Lipinski definition) is 1. The summed E-state index contributed by atoms with van der Waals surface area (Å²) in [5, 5.41) is 5.53. The monoisotopic (exact) mass is 284 g/mol. The van der Waals surface area contributed by atoms with Crippen molar-refractivity contribution in [2.24, 2.45) is 0 Å². The molecule has 0 saturated carbocycles. The van der Waals surface area contributed by atoms with Gasteiger partial charge in [0.05, 0.1) is 15.6 Å². The summed E-state index contributed by atoms with van der Waals surface area (Å²) < 4.78 is 13.4. The Hall–Kier alpha value is -1.46. The summed E-state index contributed by atoms with van der Waals surface area (Å²) >= 11 is 7.31. The maximum atomic E-state index is 13.4. The summed E-state index contributed by atoms with van der Waals surface area (Å²) in [6.45, 7) is 0.400. The number of aromatic nitrogens is 1. The molecule has 94 valence electrons. The highest BCUT2D eigenvalue weighted by Gasteiger charge is 2.14. The zero-order valence-corrected chi connectivity index (χ0v) is 10.9. The van der Waals surface area contributed by atoms with Crippen molar-refractivity contribution in [3.05, 3.63) is 51.2 Å². The van der Waals surface area contributed by atoms with Crippen molar-refractivity contribution in [2.45, 2.75) is 6.42 Å². The van der Waals surface area contributed by atoms with Gasteiger partial charge in [0.2, 0.25) is 0 Å². The first-order valence-electron chi connectivity index (χ1n) is 5.29. The van der Waals surface area contributed by atoms with Crippen molar-refractivity contribution in [3.8, 4) is 0 Å². The van der Waals surface area contributed by atoms with Gasteiger partial charge >= 0.3 is 0 Å². The molecule has 0 aliphatic rings. The summed E-state index contributed by atoms with van der Waals surface area (Å²) in [6, 6.07) is 4.16. The number of hydrogen-bond acceptors (Lipinski definition) is 3. The summed E-state index contributed by atoms with van der Waals surface area (Å²) in [6.07, 6.45) is 2.32. The molecule has 2 aromatic rings. The second kappa shape index (κ2) is 5.93. The van der Waals surface area contributed by atoms with Gasteiger partial charge in [-0.15, -0.1) is 11.3 Å². The molecule has 1 amide bonds. The van der Waals surface area contributed by atoms with E-state index < -0.39 is 11.7 Å². The fourth-order valence-corrected chi connectivity index (χ4v) is 2.33. The fourth-order valence-electron chi connectivity index (χ4n) is 1.46. The van der Waals surface area contributed by atoms with Gasteiger partial charge in [-0.3, -0.25) is 4.79 Å². The first-order valence-corrected chi connectivity index (χ1v) is 6.55. The van der Waals surface area contributed by atoms with Crippen LogP contribution in [-0.2, 0) is 6.42 Å². The summed E-state index contributed by atoms with van der Waals surface area (Å²) in [5.74, 6) is -1.12. The molecule has 6 heteroatoms. The Labute approximate surface area is 113 Å². The molecule has 0 saturated heterocycles. The first kappa shape index (κ1) is 13.0. The Balaban J connectivity index is 1.96. The molecule has 3 nitrogen and oxygen atoms in total. The van der Waals surface area contributed by atoms with Crippen molar-refractivity contribution in [3.63, 3.8) is 0 Å². The predicted molar refractivity (Wildman–Crippen MR) is 69.6 cm³/mol. The lowest BCUT2D eigenvalue weighted by atomic mass is 10.2. The highest BCUT2D eigenvalue weighted by atomic mass is 35.5. The number of thiazole rings is 1. The summed E-state index contributed by atoms with van der Waals surface area (Å²) in [5.41, 5.74) is -0.113. The van der Waals surface area contributed by atoms with Gasteiger partial charge < -0.3 is 5.32 Å². The van der Waals surface area contributed by atoms with Crippen molar-refractivity contribution in [2.75, 3.05) is 6.54 Å². The molecular weight excluding hydrogens is 275 g/mol. The average Bonchev–Trinajstić information content (AvgIpc) is 2.82. The van der Waals surface area contributed by atoms with Gasteiger partial charge in [-0.1, -0.05) is 17.7 Å². The number of amides is 1. The molecule has 0 radical (unpaired) electrons. The van der Waals surface area contributed by atoms with E-state index >= 15 is 0 Å². The Bertz CT molecular complexity index is 525. The van der Waals surface area contributed by atoms with Crippen LogP contribution in [0.4, 0.5) is 4.39 Å². The average molecular weight is 285 g/mol. The Morgan fingerprint density at radius 1 is 1.50 bits per heavy atom. The van der Waals surface area contributed by atoms with Crippen LogP contribution in [-0.4, -0.2) is 17.4 Å². The highest BCUT2D eigenvalue weighted by molar-refractivity contribution is 7.09. The number of carbonyl (C=O) groups is 1. The molecule has 0 aliphatic carbocycles. The number of halogens is 2. The second-order valence-corrected chi connectivity index (χ2v) is 4.91. The van der Waals surface area contributed by atoms with E-state index in [2.05, 4.69) is 10.3 Å². The van der Waals surface area contributed by atoms with Gasteiger partial charge in [0.25, 0.3) is 5.91 Å². The van der Waals surface area contributed by atoms with Crippen LogP contribution in [0.1, 0.15) is 15.4 Å². The van der Waals surface area contributed by atoms with Gasteiger partial charge in [0.15, 0.2) is 0 Å². The molecule has 1 heterocycles. The van der Waals surface area contributed by atoms with Crippen molar-refractivity contribution in [1.29, 1.82) is 0 Å².